The van der Waals surface area contributed by atoms with Crippen LogP contribution in [0, 0.1) is 12.8 Å². The summed E-state index contributed by atoms with van der Waals surface area (Å²) in [5.74, 6) is -0.667. The summed E-state index contributed by atoms with van der Waals surface area (Å²) < 4.78 is 5.26. The number of rotatable bonds is 7. The maximum atomic E-state index is 12.2. The molecule has 1 rings (SSSR count). The number of esters is 1. The SMILES string of the molecule is Cc1ccc(C(=O)N[C@H](C(=O)OCC[NH+](C)C)C(C)C)cc1. The van der Waals surface area contributed by atoms with E-state index in [0.717, 1.165) is 12.1 Å². The summed E-state index contributed by atoms with van der Waals surface area (Å²) in [6.07, 6.45) is 0. The summed E-state index contributed by atoms with van der Waals surface area (Å²) in [4.78, 5) is 25.6. The molecular weight excluding hydrogens is 280 g/mol. The van der Waals surface area contributed by atoms with Crippen LogP contribution in [0.1, 0.15) is 29.8 Å². The fourth-order valence-electron chi connectivity index (χ4n) is 1.87. The topological polar surface area (TPSA) is 59.8 Å². The van der Waals surface area contributed by atoms with Crippen LogP contribution < -0.4 is 10.2 Å². The summed E-state index contributed by atoms with van der Waals surface area (Å²) >= 11 is 0. The molecule has 22 heavy (non-hydrogen) atoms. The minimum atomic E-state index is -0.633. The first kappa shape index (κ1) is 18.2. The van der Waals surface area contributed by atoms with Gasteiger partial charge in [-0.2, -0.15) is 0 Å². The largest absolute Gasteiger partial charge is 0.458 e. The van der Waals surface area contributed by atoms with Crippen LogP contribution >= 0.6 is 0 Å². The van der Waals surface area contributed by atoms with Gasteiger partial charge in [0.15, 0.2) is 0 Å². The number of carbonyl (C=O) groups is 2. The third-order valence-electron chi connectivity index (χ3n) is 3.37. The number of amides is 1. The molecule has 0 saturated carbocycles. The van der Waals surface area contributed by atoms with Gasteiger partial charge in [0, 0.05) is 5.56 Å². The Morgan fingerprint density at radius 3 is 2.27 bits per heavy atom. The Labute approximate surface area is 132 Å². The van der Waals surface area contributed by atoms with E-state index in [-0.39, 0.29) is 17.8 Å². The molecule has 1 amide bonds. The van der Waals surface area contributed by atoms with Crippen molar-refractivity contribution in [2.24, 2.45) is 5.92 Å². The Balaban J connectivity index is 2.65. The van der Waals surface area contributed by atoms with Crippen molar-refractivity contribution < 1.29 is 19.2 Å². The molecule has 0 heterocycles. The van der Waals surface area contributed by atoms with Crippen molar-refractivity contribution in [3.8, 4) is 0 Å². The monoisotopic (exact) mass is 307 g/mol. The maximum absolute atomic E-state index is 12.2. The third kappa shape index (κ3) is 5.85. The fourth-order valence-corrected chi connectivity index (χ4v) is 1.87. The van der Waals surface area contributed by atoms with Crippen LogP contribution in [0.3, 0.4) is 0 Å². The minimum Gasteiger partial charge on any atom is -0.458 e. The zero-order valence-electron chi connectivity index (χ0n) is 14.1. The molecule has 0 aromatic heterocycles. The lowest BCUT2D eigenvalue weighted by molar-refractivity contribution is -0.858. The molecular formula is C17H27N2O3+. The number of benzene rings is 1. The molecule has 0 spiro atoms. The smallest absolute Gasteiger partial charge is 0.329 e. The van der Waals surface area contributed by atoms with Gasteiger partial charge < -0.3 is 15.0 Å². The normalized spacial score (nSPS) is 12.3. The second-order valence-corrected chi connectivity index (χ2v) is 6.19. The molecule has 0 unspecified atom stereocenters. The predicted molar refractivity (Wildman–Crippen MR) is 85.9 cm³/mol. The molecule has 5 heteroatoms. The highest BCUT2D eigenvalue weighted by Crippen LogP contribution is 2.08. The average molecular weight is 307 g/mol. The van der Waals surface area contributed by atoms with E-state index < -0.39 is 6.04 Å². The van der Waals surface area contributed by atoms with Crippen LogP contribution in [0.15, 0.2) is 24.3 Å². The number of nitrogens with one attached hydrogen (secondary N) is 2. The number of aryl methyl sites for hydroxylation is 1. The van der Waals surface area contributed by atoms with Crippen LogP contribution in [0.4, 0.5) is 0 Å². The molecule has 1 aromatic carbocycles. The lowest BCUT2D eigenvalue weighted by Gasteiger charge is -2.21. The van der Waals surface area contributed by atoms with Crippen LogP contribution in [-0.2, 0) is 9.53 Å². The molecule has 1 atom stereocenters. The summed E-state index contributed by atoms with van der Waals surface area (Å²) in [6.45, 7) is 6.83. The molecule has 0 aliphatic heterocycles. The number of hydrogen-bond donors (Lipinski definition) is 2. The second-order valence-electron chi connectivity index (χ2n) is 6.19. The van der Waals surface area contributed by atoms with Gasteiger partial charge in [0.25, 0.3) is 5.91 Å². The number of carbonyl (C=O) groups excluding carboxylic acids is 2. The molecule has 0 radical (unpaired) electrons. The lowest BCUT2D eigenvalue weighted by Crippen LogP contribution is -3.06. The highest BCUT2D eigenvalue weighted by atomic mass is 16.5. The van der Waals surface area contributed by atoms with E-state index in [0.29, 0.717) is 12.2 Å². The first-order valence-electron chi connectivity index (χ1n) is 7.64. The third-order valence-corrected chi connectivity index (χ3v) is 3.37. The number of hydrogen-bond acceptors (Lipinski definition) is 3. The summed E-state index contributed by atoms with van der Waals surface area (Å²) in [5.41, 5.74) is 1.63. The van der Waals surface area contributed by atoms with Crippen LogP contribution in [0.5, 0.6) is 0 Å². The van der Waals surface area contributed by atoms with Crippen molar-refractivity contribution in [1.82, 2.24) is 5.32 Å². The van der Waals surface area contributed by atoms with Crippen molar-refractivity contribution >= 4 is 11.9 Å². The van der Waals surface area contributed by atoms with E-state index in [1.165, 1.54) is 4.90 Å². The zero-order valence-corrected chi connectivity index (χ0v) is 14.1. The number of likely N-dealkylation sites (N-methyl/N-ethyl adjacent to an activating group) is 1. The zero-order chi connectivity index (χ0) is 16.7. The van der Waals surface area contributed by atoms with E-state index >= 15 is 0 Å². The van der Waals surface area contributed by atoms with E-state index in [1.54, 1.807) is 12.1 Å². The Morgan fingerprint density at radius 1 is 1.18 bits per heavy atom. The molecule has 0 aliphatic carbocycles. The van der Waals surface area contributed by atoms with Gasteiger partial charge in [0.05, 0.1) is 14.1 Å². The molecule has 0 saturated heterocycles. The minimum absolute atomic E-state index is 0.0337. The maximum Gasteiger partial charge on any atom is 0.329 e. The van der Waals surface area contributed by atoms with Gasteiger partial charge in [-0.15, -0.1) is 0 Å². The molecule has 0 aliphatic rings. The first-order valence-corrected chi connectivity index (χ1v) is 7.64. The molecule has 2 N–H and O–H groups in total. The Hall–Kier alpha value is -1.88. The molecule has 0 bridgehead atoms. The van der Waals surface area contributed by atoms with Crippen molar-refractivity contribution in [3.05, 3.63) is 35.4 Å². The van der Waals surface area contributed by atoms with E-state index in [4.69, 9.17) is 4.74 Å². The predicted octanol–water partition coefficient (Wildman–Crippen LogP) is 0.437. The quantitative estimate of drug-likeness (QED) is 0.719. The van der Waals surface area contributed by atoms with Gasteiger partial charge in [0.2, 0.25) is 0 Å². The molecule has 5 nitrogen and oxygen atoms in total. The number of quaternary nitrogens is 1. The Kier molecular flexibility index (Phi) is 7.05. The van der Waals surface area contributed by atoms with Crippen molar-refractivity contribution in [2.45, 2.75) is 26.8 Å². The Bertz CT molecular complexity index is 495. The number of ether oxygens (including phenoxy) is 1. The van der Waals surface area contributed by atoms with Crippen molar-refractivity contribution in [3.63, 3.8) is 0 Å². The van der Waals surface area contributed by atoms with E-state index in [9.17, 15) is 9.59 Å². The summed E-state index contributed by atoms with van der Waals surface area (Å²) in [6, 6.07) is 6.62. The van der Waals surface area contributed by atoms with Crippen LogP contribution in [0.25, 0.3) is 0 Å². The van der Waals surface area contributed by atoms with Crippen LogP contribution in [-0.4, -0.2) is 45.2 Å². The van der Waals surface area contributed by atoms with Crippen molar-refractivity contribution in [1.29, 1.82) is 0 Å². The van der Waals surface area contributed by atoms with Gasteiger partial charge >= 0.3 is 5.97 Å². The highest BCUT2D eigenvalue weighted by molar-refractivity contribution is 5.96. The van der Waals surface area contributed by atoms with Gasteiger partial charge in [-0.3, -0.25) is 4.79 Å². The van der Waals surface area contributed by atoms with Gasteiger partial charge in [-0.05, 0) is 25.0 Å². The van der Waals surface area contributed by atoms with E-state index in [2.05, 4.69) is 5.32 Å². The van der Waals surface area contributed by atoms with Crippen LogP contribution in [0.2, 0.25) is 0 Å². The second kappa shape index (κ2) is 8.54. The summed E-state index contributed by atoms with van der Waals surface area (Å²) in [5, 5.41) is 2.77. The van der Waals surface area contributed by atoms with E-state index in [1.807, 2.05) is 47.0 Å². The molecule has 0 fully saturated rings. The average Bonchev–Trinajstić information content (AvgIpc) is 2.44. The first-order chi connectivity index (χ1) is 10.3. The van der Waals surface area contributed by atoms with Gasteiger partial charge in [0.1, 0.15) is 19.2 Å². The highest BCUT2D eigenvalue weighted by Gasteiger charge is 2.26. The molecule has 122 valence electrons. The standard InChI is InChI=1S/C17H26N2O3/c1-12(2)15(17(21)22-11-10-19(4)5)18-16(20)14-8-6-13(3)7-9-14/h6-9,12,15H,10-11H2,1-5H3,(H,18,20)/p+1/t15-/m0/s1. The Morgan fingerprint density at radius 2 is 1.77 bits per heavy atom. The fraction of sp³-hybridized carbons (Fsp3) is 0.529. The lowest BCUT2D eigenvalue weighted by atomic mass is 10.0. The van der Waals surface area contributed by atoms with Gasteiger partial charge in [-0.25, -0.2) is 4.79 Å². The molecule has 1 aromatic rings. The van der Waals surface area contributed by atoms with Gasteiger partial charge in [-0.1, -0.05) is 31.5 Å². The van der Waals surface area contributed by atoms with Crippen molar-refractivity contribution in [2.75, 3.05) is 27.2 Å². The summed E-state index contributed by atoms with van der Waals surface area (Å²) in [7, 11) is 3.99.